The van der Waals surface area contributed by atoms with E-state index in [2.05, 4.69) is 9.97 Å². The van der Waals surface area contributed by atoms with E-state index in [4.69, 9.17) is 5.73 Å². The average Bonchev–Trinajstić information content (AvgIpc) is 2.89. The van der Waals surface area contributed by atoms with E-state index in [-0.39, 0.29) is 5.82 Å². The highest BCUT2D eigenvalue weighted by Gasteiger charge is 2.08. The van der Waals surface area contributed by atoms with Crippen LogP contribution in [0.4, 0.5) is 10.1 Å². The van der Waals surface area contributed by atoms with E-state index in [0.717, 1.165) is 11.3 Å². The number of hydrogen-bond donors (Lipinski definition) is 2. The molecule has 3 aromatic rings. The Balaban J connectivity index is 2.00. The lowest BCUT2D eigenvalue weighted by Crippen LogP contribution is -1.86. The second kappa shape index (κ2) is 4.57. The zero-order valence-corrected chi connectivity index (χ0v) is 10.1. The number of anilines is 1. The van der Waals surface area contributed by atoms with Gasteiger partial charge in [0.25, 0.3) is 0 Å². The number of imidazole rings is 1. The molecule has 0 amide bonds. The number of nitrogens with two attached hydrogens (primary N) is 1. The Hall–Kier alpha value is -2.62. The highest BCUT2D eigenvalue weighted by Crippen LogP contribution is 2.24. The molecule has 2 aromatic carbocycles. The lowest BCUT2D eigenvalue weighted by Gasteiger charge is -2.00. The van der Waals surface area contributed by atoms with Crippen LogP contribution in [0.3, 0.4) is 0 Å². The van der Waals surface area contributed by atoms with E-state index >= 15 is 0 Å². The van der Waals surface area contributed by atoms with Crippen LogP contribution >= 0.6 is 0 Å². The molecule has 0 atom stereocenters. The minimum absolute atomic E-state index is 0.291. The topological polar surface area (TPSA) is 54.7 Å². The molecule has 0 spiro atoms. The van der Waals surface area contributed by atoms with Gasteiger partial charge >= 0.3 is 0 Å². The summed E-state index contributed by atoms with van der Waals surface area (Å²) in [6.45, 7) is 0. The van der Waals surface area contributed by atoms with Gasteiger partial charge in [0.05, 0.1) is 17.5 Å². The second-order valence-corrected chi connectivity index (χ2v) is 4.25. The van der Waals surface area contributed by atoms with Gasteiger partial charge in [0.2, 0.25) is 0 Å². The van der Waals surface area contributed by atoms with E-state index in [9.17, 15) is 4.39 Å². The number of halogens is 1. The number of aromatic amines is 1. The summed E-state index contributed by atoms with van der Waals surface area (Å²) in [6, 6.07) is 14.0. The van der Waals surface area contributed by atoms with Gasteiger partial charge < -0.3 is 10.7 Å². The van der Waals surface area contributed by atoms with Crippen LogP contribution in [0, 0.1) is 5.82 Å². The van der Waals surface area contributed by atoms with Crippen LogP contribution in [-0.2, 0) is 0 Å². The van der Waals surface area contributed by atoms with Crippen LogP contribution < -0.4 is 5.73 Å². The third-order valence-electron chi connectivity index (χ3n) is 2.93. The number of nitrogens with one attached hydrogen (secondary N) is 1. The van der Waals surface area contributed by atoms with E-state index in [1.807, 2.05) is 24.3 Å². The molecule has 3 N–H and O–H groups in total. The summed E-state index contributed by atoms with van der Waals surface area (Å²) in [5.41, 5.74) is 8.61. The SMILES string of the molecule is Nc1ccc(-c2cnc(-c3ccccc3F)[nH]2)cc1. The van der Waals surface area contributed by atoms with Crippen molar-refractivity contribution in [3.63, 3.8) is 0 Å². The van der Waals surface area contributed by atoms with Crippen molar-refractivity contribution in [3.8, 4) is 22.6 Å². The summed E-state index contributed by atoms with van der Waals surface area (Å²) in [5, 5.41) is 0. The molecule has 94 valence electrons. The fourth-order valence-electron chi connectivity index (χ4n) is 1.92. The Bertz CT molecular complexity index is 701. The third-order valence-corrected chi connectivity index (χ3v) is 2.93. The van der Waals surface area contributed by atoms with Crippen molar-refractivity contribution in [2.75, 3.05) is 5.73 Å². The lowest BCUT2D eigenvalue weighted by atomic mass is 10.1. The molecule has 0 saturated carbocycles. The van der Waals surface area contributed by atoms with Gasteiger partial charge in [-0.2, -0.15) is 0 Å². The molecule has 0 aliphatic carbocycles. The molecule has 0 radical (unpaired) electrons. The summed E-state index contributed by atoms with van der Waals surface area (Å²) >= 11 is 0. The van der Waals surface area contributed by atoms with Gasteiger partial charge in [-0.05, 0) is 29.8 Å². The molecular formula is C15H12FN3. The quantitative estimate of drug-likeness (QED) is 0.687. The minimum atomic E-state index is -0.291. The van der Waals surface area contributed by atoms with E-state index < -0.39 is 0 Å². The maximum Gasteiger partial charge on any atom is 0.140 e. The Morgan fingerprint density at radius 2 is 1.74 bits per heavy atom. The molecule has 0 bridgehead atoms. The standard InChI is InChI=1S/C15H12FN3/c16-13-4-2-1-3-12(13)15-18-9-14(19-15)10-5-7-11(17)8-6-10/h1-9H,17H2,(H,18,19). The predicted octanol–water partition coefficient (Wildman–Crippen LogP) is 3.47. The first-order valence-electron chi connectivity index (χ1n) is 5.90. The molecule has 4 heteroatoms. The highest BCUT2D eigenvalue weighted by molar-refractivity contribution is 5.66. The summed E-state index contributed by atoms with van der Waals surface area (Å²) < 4.78 is 13.7. The van der Waals surface area contributed by atoms with E-state index in [1.165, 1.54) is 6.07 Å². The van der Waals surface area contributed by atoms with Crippen molar-refractivity contribution in [3.05, 3.63) is 60.5 Å². The first kappa shape index (κ1) is 11.5. The summed E-state index contributed by atoms with van der Waals surface area (Å²) in [6.07, 6.45) is 1.69. The van der Waals surface area contributed by atoms with Crippen LogP contribution in [0.5, 0.6) is 0 Å². The van der Waals surface area contributed by atoms with Crippen LogP contribution in [0.2, 0.25) is 0 Å². The minimum Gasteiger partial charge on any atom is -0.399 e. The number of rotatable bonds is 2. The number of hydrogen-bond acceptors (Lipinski definition) is 2. The highest BCUT2D eigenvalue weighted by atomic mass is 19.1. The zero-order valence-electron chi connectivity index (χ0n) is 10.1. The van der Waals surface area contributed by atoms with Crippen LogP contribution in [0.15, 0.2) is 54.7 Å². The molecule has 1 heterocycles. The molecule has 0 aliphatic heterocycles. The zero-order chi connectivity index (χ0) is 13.2. The normalized spacial score (nSPS) is 10.6. The smallest absolute Gasteiger partial charge is 0.140 e. The van der Waals surface area contributed by atoms with Gasteiger partial charge in [-0.15, -0.1) is 0 Å². The van der Waals surface area contributed by atoms with Crippen molar-refractivity contribution in [1.29, 1.82) is 0 Å². The maximum absolute atomic E-state index is 13.7. The van der Waals surface area contributed by atoms with Gasteiger partial charge in [0, 0.05) is 5.69 Å². The Morgan fingerprint density at radius 3 is 2.47 bits per heavy atom. The van der Waals surface area contributed by atoms with E-state index in [0.29, 0.717) is 17.1 Å². The molecule has 3 rings (SSSR count). The Morgan fingerprint density at radius 1 is 1.00 bits per heavy atom. The first-order chi connectivity index (χ1) is 9.24. The summed E-state index contributed by atoms with van der Waals surface area (Å²) in [5.74, 6) is 0.227. The van der Waals surface area contributed by atoms with Gasteiger partial charge in [0.1, 0.15) is 11.6 Å². The Labute approximate surface area is 109 Å². The summed E-state index contributed by atoms with van der Waals surface area (Å²) in [7, 11) is 0. The van der Waals surface area contributed by atoms with Gasteiger partial charge in [-0.25, -0.2) is 9.37 Å². The molecule has 0 saturated heterocycles. The van der Waals surface area contributed by atoms with Gasteiger partial charge in [0.15, 0.2) is 0 Å². The number of nitrogens with zero attached hydrogens (tertiary/aromatic N) is 1. The van der Waals surface area contributed by atoms with Crippen LogP contribution in [-0.4, -0.2) is 9.97 Å². The first-order valence-corrected chi connectivity index (χ1v) is 5.90. The number of H-pyrrole nitrogens is 1. The predicted molar refractivity (Wildman–Crippen MR) is 73.8 cm³/mol. The molecule has 0 aliphatic rings. The third kappa shape index (κ3) is 2.20. The molecule has 19 heavy (non-hydrogen) atoms. The molecule has 0 unspecified atom stereocenters. The van der Waals surface area contributed by atoms with Gasteiger partial charge in [-0.3, -0.25) is 0 Å². The lowest BCUT2D eigenvalue weighted by molar-refractivity contribution is 0.630. The molecule has 1 aromatic heterocycles. The Kier molecular flexibility index (Phi) is 2.76. The number of nitrogen functional groups attached to an aromatic ring is 1. The van der Waals surface area contributed by atoms with E-state index in [1.54, 1.807) is 24.4 Å². The van der Waals surface area contributed by atoms with Crippen LogP contribution in [0.25, 0.3) is 22.6 Å². The molecule has 3 nitrogen and oxygen atoms in total. The second-order valence-electron chi connectivity index (χ2n) is 4.25. The van der Waals surface area contributed by atoms with Crippen molar-refractivity contribution < 1.29 is 4.39 Å². The fraction of sp³-hybridized carbons (Fsp3) is 0. The molecular weight excluding hydrogens is 241 g/mol. The fourth-order valence-corrected chi connectivity index (χ4v) is 1.92. The van der Waals surface area contributed by atoms with Crippen molar-refractivity contribution in [2.45, 2.75) is 0 Å². The number of aromatic nitrogens is 2. The van der Waals surface area contributed by atoms with Crippen molar-refractivity contribution in [2.24, 2.45) is 0 Å². The average molecular weight is 253 g/mol. The monoisotopic (exact) mass is 253 g/mol. The maximum atomic E-state index is 13.7. The van der Waals surface area contributed by atoms with Crippen molar-refractivity contribution in [1.82, 2.24) is 9.97 Å². The molecule has 0 fully saturated rings. The van der Waals surface area contributed by atoms with Gasteiger partial charge in [-0.1, -0.05) is 24.3 Å². The number of benzene rings is 2. The van der Waals surface area contributed by atoms with Crippen molar-refractivity contribution >= 4 is 5.69 Å². The summed E-state index contributed by atoms with van der Waals surface area (Å²) in [4.78, 5) is 7.33. The van der Waals surface area contributed by atoms with Crippen LogP contribution in [0.1, 0.15) is 0 Å². The largest absolute Gasteiger partial charge is 0.399 e.